The van der Waals surface area contributed by atoms with E-state index >= 15 is 0 Å². The van der Waals surface area contributed by atoms with E-state index in [1.54, 1.807) is 32.3 Å². The standard InChI is InChI=1S/C19H20N4O3/c1-12(13-7-5-4-6-8-13)20-17(24)18(25)21-14-9-10-15-16(11-14)23(3)19(26)22(15)2/h4-12H,1-3H3,(H,20,24)(H,21,25)/t12-/m0/s1. The Labute approximate surface area is 150 Å². The Morgan fingerprint density at radius 1 is 0.923 bits per heavy atom. The van der Waals surface area contributed by atoms with Crippen molar-refractivity contribution in [3.63, 3.8) is 0 Å². The van der Waals surface area contributed by atoms with Crippen LogP contribution in [0.4, 0.5) is 5.69 Å². The average Bonchev–Trinajstić information content (AvgIpc) is 2.86. The molecule has 7 heteroatoms. The second kappa shape index (κ2) is 6.87. The fourth-order valence-corrected chi connectivity index (χ4v) is 2.86. The van der Waals surface area contributed by atoms with Crippen LogP contribution in [0, 0.1) is 0 Å². The quantitative estimate of drug-likeness (QED) is 0.704. The molecule has 0 radical (unpaired) electrons. The molecule has 0 spiro atoms. The van der Waals surface area contributed by atoms with E-state index in [9.17, 15) is 14.4 Å². The van der Waals surface area contributed by atoms with Crippen molar-refractivity contribution in [1.29, 1.82) is 0 Å². The zero-order valence-electron chi connectivity index (χ0n) is 14.8. The molecular formula is C19H20N4O3. The fourth-order valence-electron chi connectivity index (χ4n) is 2.86. The summed E-state index contributed by atoms with van der Waals surface area (Å²) in [5.74, 6) is -1.48. The van der Waals surface area contributed by atoms with Crippen molar-refractivity contribution >= 4 is 28.5 Å². The summed E-state index contributed by atoms with van der Waals surface area (Å²) in [6.45, 7) is 1.81. The Hall–Kier alpha value is -3.35. The summed E-state index contributed by atoms with van der Waals surface area (Å²) in [4.78, 5) is 36.3. The molecule has 1 aromatic heterocycles. The van der Waals surface area contributed by atoms with E-state index in [-0.39, 0.29) is 11.7 Å². The largest absolute Gasteiger partial charge is 0.341 e. The lowest BCUT2D eigenvalue weighted by Crippen LogP contribution is -2.36. The first-order valence-corrected chi connectivity index (χ1v) is 8.20. The van der Waals surface area contributed by atoms with Gasteiger partial charge in [-0.3, -0.25) is 18.7 Å². The number of anilines is 1. The first-order valence-electron chi connectivity index (χ1n) is 8.20. The number of hydrogen-bond donors (Lipinski definition) is 2. The van der Waals surface area contributed by atoms with Gasteiger partial charge in [0.05, 0.1) is 17.1 Å². The zero-order chi connectivity index (χ0) is 18.8. The highest BCUT2D eigenvalue weighted by molar-refractivity contribution is 6.39. The van der Waals surface area contributed by atoms with Crippen molar-refractivity contribution in [3.8, 4) is 0 Å². The van der Waals surface area contributed by atoms with Gasteiger partial charge in [-0.2, -0.15) is 0 Å². The number of carbonyl (C=O) groups is 2. The minimum atomic E-state index is -0.756. The summed E-state index contributed by atoms with van der Waals surface area (Å²) >= 11 is 0. The first-order chi connectivity index (χ1) is 12.4. The molecule has 7 nitrogen and oxygen atoms in total. The summed E-state index contributed by atoms with van der Waals surface area (Å²) in [7, 11) is 3.34. The van der Waals surface area contributed by atoms with Crippen LogP contribution in [0.5, 0.6) is 0 Å². The molecular weight excluding hydrogens is 332 g/mol. The van der Waals surface area contributed by atoms with Crippen molar-refractivity contribution in [2.75, 3.05) is 5.32 Å². The molecule has 0 fully saturated rings. The molecule has 2 N–H and O–H groups in total. The normalized spacial score (nSPS) is 12.0. The molecule has 0 aliphatic heterocycles. The van der Waals surface area contributed by atoms with Crippen LogP contribution in [0.15, 0.2) is 53.3 Å². The summed E-state index contributed by atoms with van der Waals surface area (Å²) < 4.78 is 3.01. The maximum absolute atomic E-state index is 12.2. The topological polar surface area (TPSA) is 85.1 Å². The molecule has 134 valence electrons. The number of nitrogens with zero attached hydrogens (tertiary/aromatic N) is 2. The molecule has 3 rings (SSSR count). The van der Waals surface area contributed by atoms with Gasteiger partial charge in [0, 0.05) is 19.8 Å². The monoisotopic (exact) mass is 352 g/mol. The van der Waals surface area contributed by atoms with Gasteiger partial charge in [0.15, 0.2) is 0 Å². The van der Waals surface area contributed by atoms with Crippen LogP contribution in [0.1, 0.15) is 18.5 Å². The highest BCUT2D eigenvalue weighted by Crippen LogP contribution is 2.17. The number of aryl methyl sites for hydroxylation is 2. The highest BCUT2D eigenvalue weighted by atomic mass is 16.2. The Morgan fingerprint density at radius 2 is 1.58 bits per heavy atom. The molecule has 0 saturated carbocycles. The molecule has 26 heavy (non-hydrogen) atoms. The van der Waals surface area contributed by atoms with Gasteiger partial charge in [0.25, 0.3) is 0 Å². The van der Waals surface area contributed by atoms with Crippen molar-refractivity contribution in [3.05, 3.63) is 64.6 Å². The molecule has 1 heterocycles. The number of imidazole rings is 1. The zero-order valence-corrected chi connectivity index (χ0v) is 14.8. The van der Waals surface area contributed by atoms with Crippen molar-refractivity contribution in [1.82, 2.24) is 14.5 Å². The second-order valence-corrected chi connectivity index (χ2v) is 6.16. The third kappa shape index (κ3) is 3.23. The smallest absolute Gasteiger partial charge is 0.328 e. The number of amides is 2. The lowest BCUT2D eigenvalue weighted by atomic mass is 10.1. The van der Waals surface area contributed by atoms with Crippen molar-refractivity contribution in [2.24, 2.45) is 14.1 Å². The molecule has 2 aromatic carbocycles. The SMILES string of the molecule is C[C@H](NC(=O)C(=O)Nc1ccc2c(c1)n(C)c(=O)n2C)c1ccccc1. The molecule has 0 unspecified atom stereocenters. The molecule has 3 aromatic rings. The van der Waals surface area contributed by atoms with E-state index in [2.05, 4.69) is 10.6 Å². The number of nitrogens with one attached hydrogen (secondary N) is 2. The summed E-state index contributed by atoms with van der Waals surface area (Å²) in [5, 5.41) is 5.24. The lowest BCUT2D eigenvalue weighted by Gasteiger charge is -2.14. The molecule has 0 bridgehead atoms. The Morgan fingerprint density at radius 3 is 2.27 bits per heavy atom. The maximum Gasteiger partial charge on any atom is 0.328 e. The van der Waals surface area contributed by atoms with E-state index in [1.807, 2.05) is 37.3 Å². The van der Waals surface area contributed by atoms with Gasteiger partial charge in [0.1, 0.15) is 0 Å². The van der Waals surface area contributed by atoms with Crippen molar-refractivity contribution < 1.29 is 9.59 Å². The maximum atomic E-state index is 12.2. The summed E-state index contributed by atoms with van der Waals surface area (Å²) in [6.07, 6.45) is 0. The number of rotatable bonds is 3. The van der Waals surface area contributed by atoms with Crippen LogP contribution in [0.25, 0.3) is 11.0 Å². The van der Waals surface area contributed by atoms with E-state index in [0.717, 1.165) is 11.1 Å². The minimum Gasteiger partial charge on any atom is -0.341 e. The predicted octanol–water partition coefficient (Wildman–Crippen LogP) is 1.69. The molecule has 0 aliphatic rings. The van der Waals surface area contributed by atoms with Crippen LogP contribution in [0.2, 0.25) is 0 Å². The molecule has 1 atom stereocenters. The molecule has 2 amide bonds. The van der Waals surface area contributed by atoms with Gasteiger partial charge in [-0.15, -0.1) is 0 Å². The van der Waals surface area contributed by atoms with Gasteiger partial charge in [-0.05, 0) is 30.7 Å². The van der Waals surface area contributed by atoms with Gasteiger partial charge >= 0.3 is 17.5 Å². The van der Waals surface area contributed by atoms with E-state index in [0.29, 0.717) is 11.2 Å². The predicted molar refractivity (Wildman–Crippen MR) is 99.8 cm³/mol. The third-order valence-corrected chi connectivity index (χ3v) is 4.38. The molecule has 0 aliphatic carbocycles. The second-order valence-electron chi connectivity index (χ2n) is 6.16. The van der Waals surface area contributed by atoms with Crippen LogP contribution in [-0.4, -0.2) is 20.9 Å². The van der Waals surface area contributed by atoms with Gasteiger partial charge in [0.2, 0.25) is 0 Å². The number of carbonyl (C=O) groups excluding carboxylic acids is 2. The van der Waals surface area contributed by atoms with E-state index in [1.165, 1.54) is 9.13 Å². The Bertz CT molecular complexity index is 1030. The minimum absolute atomic E-state index is 0.155. The number of fused-ring (bicyclic) bond motifs is 1. The van der Waals surface area contributed by atoms with Crippen LogP contribution < -0.4 is 16.3 Å². The Kier molecular flexibility index (Phi) is 4.62. The summed E-state index contributed by atoms with van der Waals surface area (Å²) in [6, 6.07) is 14.2. The molecule has 0 saturated heterocycles. The first kappa shape index (κ1) is 17.5. The van der Waals surface area contributed by atoms with Gasteiger partial charge < -0.3 is 10.6 Å². The highest BCUT2D eigenvalue weighted by Gasteiger charge is 2.18. The van der Waals surface area contributed by atoms with Gasteiger partial charge in [-0.1, -0.05) is 30.3 Å². The van der Waals surface area contributed by atoms with Crippen LogP contribution in [-0.2, 0) is 23.7 Å². The van der Waals surface area contributed by atoms with Crippen molar-refractivity contribution in [2.45, 2.75) is 13.0 Å². The number of aromatic nitrogens is 2. The third-order valence-electron chi connectivity index (χ3n) is 4.38. The van der Waals surface area contributed by atoms with Crippen LogP contribution >= 0.6 is 0 Å². The fraction of sp³-hybridized carbons (Fsp3) is 0.211. The van der Waals surface area contributed by atoms with Gasteiger partial charge in [-0.25, -0.2) is 4.79 Å². The number of benzene rings is 2. The average molecular weight is 352 g/mol. The number of hydrogen-bond acceptors (Lipinski definition) is 3. The van der Waals surface area contributed by atoms with E-state index < -0.39 is 11.8 Å². The summed E-state index contributed by atoms with van der Waals surface area (Å²) in [5.41, 5.74) is 2.63. The van der Waals surface area contributed by atoms with Crippen LogP contribution in [0.3, 0.4) is 0 Å². The Balaban J connectivity index is 1.73. The lowest BCUT2D eigenvalue weighted by molar-refractivity contribution is -0.136. The van der Waals surface area contributed by atoms with E-state index in [4.69, 9.17) is 0 Å².